The first-order valence-corrected chi connectivity index (χ1v) is 14.8. The molecule has 6 nitrogen and oxygen atoms in total. The van der Waals surface area contributed by atoms with E-state index in [1.165, 1.54) is 12.1 Å². The molecule has 0 radical (unpaired) electrons. The third-order valence-corrected chi connectivity index (χ3v) is 11.8. The molecule has 40 heavy (non-hydrogen) atoms. The molecular formula is C33H29O6P. The average Bonchev–Trinajstić information content (AvgIpc) is 2.97. The highest BCUT2D eigenvalue weighted by atomic mass is 31.2. The topological polar surface area (TPSA) is 88.8 Å². The molecule has 0 saturated carbocycles. The van der Waals surface area contributed by atoms with Crippen molar-refractivity contribution in [2.45, 2.75) is 26.1 Å². The van der Waals surface area contributed by atoms with Gasteiger partial charge in [-0.3, -0.25) is 0 Å². The van der Waals surface area contributed by atoms with Gasteiger partial charge < -0.3 is 19.0 Å². The zero-order chi connectivity index (χ0) is 28.3. The third kappa shape index (κ3) is 4.44. The lowest BCUT2D eigenvalue weighted by Gasteiger charge is -2.40. The van der Waals surface area contributed by atoms with Crippen molar-refractivity contribution < 1.29 is 23.8 Å². The Morgan fingerprint density at radius 2 is 1.35 bits per heavy atom. The van der Waals surface area contributed by atoms with Gasteiger partial charge in [0, 0.05) is 18.4 Å². The number of hydrogen-bond donors (Lipinski definition) is 0. The molecule has 202 valence electrons. The van der Waals surface area contributed by atoms with Gasteiger partial charge in [0.15, 0.2) is 18.6 Å². The summed E-state index contributed by atoms with van der Waals surface area (Å²) in [6.07, 6.45) is 0. The zero-order valence-electron chi connectivity index (χ0n) is 22.5. The lowest BCUT2D eigenvalue weighted by Crippen LogP contribution is -2.55. The first kappa shape index (κ1) is 27.2. The van der Waals surface area contributed by atoms with Crippen LogP contribution in [0.1, 0.15) is 19.4 Å². The maximum atomic E-state index is 14.3. The Labute approximate surface area is 233 Å². The molecule has 1 heterocycles. The number of aryl methyl sites for hydroxylation is 1. The number of rotatable bonds is 8. The molecule has 0 N–H and O–H groups in total. The second-order valence-corrected chi connectivity index (χ2v) is 13.2. The molecule has 1 aromatic heterocycles. The number of ether oxygens (including phenoxy) is 2. The Morgan fingerprint density at radius 1 is 0.850 bits per heavy atom. The predicted molar refractivity (Wildman–Crippen MR) is 157 cm³/mol. The normalized spacial score (nSPS) is 13.0. The lowest BCUT2D eigenvalue weighted by molar-refractivity contribution is -0.270. The van der Waals surface area contributed by atoms with Crippen LogP contribution < -0.4 is 31.4 Å². The third-order valence-electron chi connectivity index (χ3n) is 7.06. The molecule has 4 aromatic carbocycles. The Kier molecular flexibility index (Phi) is 7.46. The van der Waals surface area contributed by atoms with Crippen molar-refractivity contribution in [3.05, 3.63) is 125 Å². The summed E-state index contributed by atoms with van der Waals surface area (Å²) in [5, 5.41) is 14.8. The summed E-state index contributed by atoms with van der Waals surface area (Å²) < 4.78 is 18.0. The van der Waals surface area contributed by atoms with Gasteiger partial charge in [-0.25, -0.2) is 9.59 Å². The summed E-state index contributed by atoms with van der Waals surface area (Å²) >= 11 is 0. The Hall–Kier alpha value is -4.41. The quantitative estimate of drug-likeness (QED) is 0.156. The molecule has 0 amide bonds. The number of carbonyl (C=O) groups excluding carboxylic acids is 1. The predicted octanol–water partition coefficient (Wildman–Crippen LogP) is 4.83. The van der Waals surface area contributed by atoms with Gasteiger partial charge in [0.1, 0.15) is 15.9 Å². The lowest BCUT2D eigenvalue weighted by atomic mass is 10.1. The molecule has 7 heteroatoms. The van der Waals surface area contributed by atoms with E-state index in [9.17, 15) is 14.7 Å². The first-order valence-electron chi connectivity index (χ1n) is 13.0. The summed E-state index contributed by atoms with van der Waals surface area (Å²) in [5.41, 5.74) is 0.0120. The number of carbonyl (C=O) groups is 1. The van der Waals surface area contributed by atoms with Crippen LogP contribution in [0.3, 0.4) is 0 Å². The fraction of sp³-hybridized carbons (Fsp3) is 0.152. The minimum atomic E-state index is -3.10. The van der Waals surface area contributed by atoms with E-state index in [2.05, 4.69) is 0 Å². The van der Waals surface area contributed by atoms with E-state index in [-0.39, 0.29) is 17.9 Å². The van der Waals surface area contributed by atoms with E-state index >= 15 is 0 Å². The van der Waals surface area contributed by atoms with Crippen LogP contribution >= 0.6 is 7.26 Å². The molecule has 0 aliphatic heterocycles. The van der Waals surface area contributed by atoms with Crippen LogP contribution in [0.2, 0.25) is 0 Å². The molecule has 5 rings (SSSR count). The van der Waals surface area contributed by atoms with Crippen molar-refractivity contribution in [2.24, 2.45) is 0 Å². The smallest absolute Gasteiger partial charge is 0.392 e. The summed E-state index contributed by atoms with van der Waals surface area (Å²) in [6, 6.07) is 33.4. The highest BCUT2D eigenvalue weighted by Gasteiger charge is 2.68. The van der Waals surface area contributed by atoms with Crippen molar-refractivity contribution >= 4 is 40.1 Å². The van der Waals surface area contributed by atoms with Crippen LogP contribution in [0.4, 0.5) is 0 Å². The summed E-state index contributed by atoms with van der Waals surface area (Å²) in [7, 11) is -3.10. The number of esters is 1. The molecule has 5 aromatic rings. The highest BCUT2D eigenvalue weighted by Crippen LogP contribution is 2.67. The largest absolute Gasteiger partial charge is 0.870 e. The van der Waals surface area contributed by atoms with Gasteiger partial charge in [-0.1, -0.05) is 72.5 Å². The van der Waals surface area contributed by atoms with Crippen molar-refractivity contribution in [3.8, 4) is 11.5 Å². The molecular weight excluding hydrogens is 523 g/mol. The standard InChI is InChI=1S/C33H29O6P/c1-4-37-32(36)33(3,39-31-28(34)21-20-27-23(2)22-29(35)38-30(27)31)40(24-14-8-5-9-15-24,25-16-10-6-11-17-25)26-18-12-7-13-19-26/h5-22H,4H2,1-3H3. The average molecular weight is 553 g/mol. The Balaban J connectivity index is 1.93. The second-order valence-electron chi connectivity index (χ2n) is 9.50. The van der Waals surface area contributed by atoms with Crippen molar-refractivity contribution in [3.63, 3.8) is 0 Å². The van der Waals surface area contributed by atoms with E-state index in [0.717, 1.165) is 15.9 Å². The number of benzene rings is 4. The van der Waals surface area contributed by atoms with Gasteiger partial charge >= 0.3 is 16.9 Å². The monoisotopic (exact) mass is 552 g/mol. The second kappa shape index (κ2) is 11.0. The fourth-order valence-electron chi connectivity index (χ4n) is 5.29. The van der Waals surface area contributed by atoms with Crippen LogP contribution in [-0.4, -0.2) is 17.9 Å². The number of fused-ring (bicyclic) bond motifs is 1. The molecule has 1 atom stereocenters. The number of hydrogen-bond acceptors (Lipinski definition) is 6. The van der Waals surface area contributed by atoms with E-state index in [1.54, 1.807) is 26.8 Å². The van der Waals surface area contributed by atoms with Gasteiger partial charge in [-0.05, 0) is 55.8 Å². The Bertz CT molecular complexity index is 1600. The van der Waals surface area contributed by atoms with Gasteiger partial charge in [-0.15, -0.1) is 0 Å². The SMILES string of the molecule is CCOC(=O)C(C)(Oc1c([O-])ccc2c(C)cc(=O)oc12)[P+](c1ccccc1)(c1ccccc1)c1ccccc1. The fourth-order valence-corrected chi connectivity index (χ4v) is 10.1. The molecule has 0 fully saturated rings. The highest BCUT2D eigenvalue weighted by molar-refractivity contribution is 7.97. The van der Waals surface area contributed by atoms with Crippen LogP contribution in [0.25, 0.3) is 11.0 Å². The molecule has 1 unspecified atom stereocenters. The van der Waals surface area contributed by atoms with E-state index < -0.39 is 29.9 Å². The maximum Gasteiger partial charge on any atom is 0.392 e. The van der Waals surface area contributed by atoms with Crippen molar-refractivity contribution in [2.75, 3.05) is 6.61 Å². The Morgan fingerprint density at radius 3 is 1.82 bits per heavy atom. The van der Waals surface area contributed by atoms with Crippen LogP contribution in [0.15, 0.2) is 118 Å². The molecule has 0 bridgehead atoms. The van der Waals surface area contributed by atoms with E-state index in [4.69, 9.17) is 13.9 Å². The van der Waals surface area contributed by atoms with Gasteiger partial charge in [0.05, 0.1) is 6.61 Å². The van der Waals surface area contributed by atoms with Crippen molar-refractivity contribution in [1.82, 2.24) is 0 Å². The maximum absolute atomic E-state index is 14.3. The van der Waals surface area contributed by atoms with E-state index in [0.29, 0.717) is 10.9 Å². The van der Waals surface area contributed by atoms with Crippen LogP contribution in [0, 0.1) is 6.92 Å². The van der Waals surface area contributed by atoms with Crippen LogP contribution in [-0.2, 0) is 9.53 Å². The van der Waals surface area contributed by atoms with Gasteiger partial charge in [0.25, 0.3) is 0 Å². The van der Waals surface area contributed by atoms with Crippen LogP contribution in [0.5, 0.6) is 11.5 Å². The summed E-state index contributed by atoms with van der Waals surface area (Å²) in [4.78, 5) is 26.7. The summed E-state index contributed by atoms with van der Waals surface area (Å²) in [6.45, 7) is 5.26. The van der Waals surface area contributed by atoms with Crippen molar-refractivity contribution in [1.29, 1.82) is 0 Å². The van der Waals surface area contributed by atoms with E-state index in [1.807, 2.05) is 91.0 Å². The summed E-state index contributed by atoms with van der Waals surface area (Å²) in [5.74, 6) is -1.35. The molecule has 0 spiro atoms. The minimum absolute atomic E-state index is 0.000286. The first-order chi connectivity index (χ1) is 19.3. The van der Waals surface area contributed by atoms with Gasteiger partial charge in [-0.2, -0.15) is 0 Å². The van der Waals surface area contributed by atoms with Gasteiger partial charge in [0.2, 0.25) is 0 Å². The zero-order valence-corrected chi connectivity index (χ0v) is 23.4. The molecule has 0 saturated heterocycles. The minimum Gasteiger partial charge on any atom is -0.870 e. The molecule has 0 aliphatic rings. The molecule has 0 aliphatic carbocycles.